The summed E-state index contributed by atoms with van der Waals surface area (Å²) in [5.41, 5.74) is 0.287. The van der Waals surface area contributed by atoms with E-state index in [2.05, 4.69) is 0 Å². The fourth-order valence-corrected chi connectivity index (χ4v) is 3.57. The molecule has 1 aromatic heterocycles. The molecule has 2 aliphatic rings. The molecular formula is C21H31N5O4. The zero-order valence-corrected chi connectivity index (χ0v) is 18.3. The van der Waals surface area contributed by atoms with E-state index >= 15 is 0 Å². The van der Waals surface area contributed by atoms with Gasteiger partial charge in [0, 0.05) is 58.9 Å². The van der Waals surface area contributed by atoms with Gasteiger partial charge in [-0.15, -0.1) is 0 Å². The maximum atomic E-state index is 13.2. The van der Waals surface area contributed by atoms with Crippen molar-refractivity contribution in [2.45, 2.75) is 26.7 Å². The zero-order chi connectivity index (χ0) is 22.0. The maximum absolute atomic E-state index is 13.2. The second-order valence-corrected chi connectivity index (χ2v) is 8.43. The standard InChI is InChI=1S/C21H31N5O4/c1-15(2)7-8-26(17-13-22(3)21(30)23(4)20(17)29)18(27)14-24-9-11-25(12-10-24)19(28)16-5-6-16/h7,13,16H,5-6,8-12,14H2,1-4H3. The highest BCUT2D eigenvalue weighted by molar-refractivity contribution is 5.94. The van der Waals surface area contributed by atoms with Crippen molar-refractivity contribution in [3.8, 4) is 0 Å². The molecule has 0 radical (unpaired) electrons. The van der Waals surface area contributed by atoms with Crippen LogP contribution in [0.2, 0.25) is 0 Å². The highest BCUT2D eigenvalue weighted by Crippen LogP contribution is 2.31. The molecule has 9 nitrogen and oxygen atoms in total. The third kappa shape index (κ3) is 4.89. The first-order valence-electron chi connectivity index (χ1n) is 10.4. The Balaban J connectivity index is 1.74. The molecule has 2 amide bonds. The van der Waals surface area contributed by atoms with Crippen molar-refractivity contribution in [2.24, 2.45) is 20.0 Å². The number of nitrogens with zero attached hydrogens (tertiary/aromatic N) is 5. The molecule has 1 aromatic rings. The van der Waals surface area contributed by atoms with Gasteiger partial charge in [0.15, 0.2) is 0 Å². The van der Waals surface area contributed by atoms with Gasteiger partial charge in [-0.1, -0.05) is 11.6 Å². The zero-order valence-electron chi connectivity index (χ0n) is 18.3. The summed E-state index contributed by atoms with van der Waals surface area (Å²) in [5.74, 6) is 0.240. The molecule has 1 saturated heterocycles. The van der Waals surface area contributed by atoms with Gasteiger partial charge in [-0.2, -0.15) is 0 Å². The van der Waals surface area contributed by atoms with Gasteiger partial charge >= 0.3 is 5.69 Å². The number of hydrogen-bond donors (Lipinski definition) is 0. The van der Waals surface area contributed by atoms with Gasteiger partial charge in [-0.05, 0) is 26.7 Å². The van der Waals surface area contributed by atoms with Gasteiger partial charge in [0.25, 0.3) is 5.56 Å². The SMILES string of the molecule is CC(C)=CCN(C(=O)CN1CCN(C(=O)C2CC2)CC1)c1cn(C)c(=O)n(C)c1=O. The number of aromatic nitrogens is 2. The van der Waals surface area contributed by atoms with E-state index in [0.717, 1.165) is 23.0 Å². The Morgan fingerprint density at radius 1 is 1.10 bits per heavy atom. The fraction of sp³-hybridized carbons (Fsp3) is 0.619. The van der Waals surface area contributed by atoms with Crippen LogP contribution >= 0.6 is 0 Å². The number of allylic oxidation sites excluding steroid dienone is 1. The molecule has 3 rings (SSSR count). The first-order chi connectivity index (χ1) is 14.2. The number of amides is 2. The average molecular weight is 418 g/mol. The Hall–Kier alpha value is -2.68. The van der Waals surface area contributed by atoms with Crippen molar-refractivity contribution >= 4 is 17.5 Å². The highest BCUT2D eigenvalue weighted by Gasteiger charge is 2.35. The summed E-state index contributed by atoms with van der Waals surface area (Å²) in [6.07, 6.45) is 5.29. The highest BCUT2D eigenvalue weighted by atomic mass is 16.2. The molecule has 2 fully saturated rings. The van der Waals surface area contributed by atoms with Gasteiger partial charge < -0.3 is 14.4 Å². The smallest absolute Gasteiger partial charge is 0.330 e. The van der Waals surface area contributed by atoms with E-state index < -0.39 is 11.2 Å². The number of carbonyl (C=O) groups excluding carboxylic acids is 2. The van der Waals surface area contributed by atoms with E-state index in [1.807, 2.05) is 29.7 Å². The van der Waals surface area contributed by atoms with Gasteiger partial charge in [0.1, 0.15) is 5.69 Å². The van der Waals surface area contributed by atoms with E-state index in [-0.39, 0.29) is 36.5 Å². The summed E-state index contributed by atoms with van der Waals surface area (Å²) in [7, 11) is 2.97. The van der Waals surface area contributed by atoms with E-state index in [4.69, 9.17) is 0 Å². The second-order valence-electron chi connectivity index (χ2n) is 8.43. The molecule has 1 saturated carbocycles. The first kappa shape index (κ1) is 22.0. The molecule has 9 heteroatoms. The summed E-state index contributed by atoms with van der Waals surface area (Å²) in [6, 6.07) is 0. The van der Waals surface area contributed by atoms with Crippen molar-refractivity contribution < 1.29 is 9.59 Å². The lowest BCUT2D eigenvalue weighted by Gasteiger charge is -2.35. The Morgan fingerprint density at radius 3 is 2.30 bits per heavy atom. The van der Waals surface area contributed by atoms with Crippen molar-refractivity contribution in [2.75, 3.05) is 44.2 Å². The third-order valence-electron chi connectivity index (χ3n) is 5.67. The lowest BCUT2D eigenvalue weighted by atomic mass is 10.2. The van der Waals surface area contributed by atoms with Crippen LogP contribution in [0.5, 0.6) is 0 Å². The summed E-state index contributed by atoms with van der Waals surface area (Å²) >= 11 is 0. The van der Waals surface area contributed by atoms with E-state index in [1.54, 1.807) is 7.05 Å². The molecule has 0 spiro atoms. The molecule has 0 atom stereocenters. The number of rotatable bonds is 6. The average Bonchev–Trinajstić information content (AvgIpc) is 3.55. The number of carbonyl (C=O) groups is 2. The van der Waals surface area contributed by atoms with Crippen molar-refractivity contribution in [3.05, 3.63) is 38.7 Å². The number of piperazine rings is 1. The van der Waals surface area contributed by atoms with Gasteiger partial charge in [-0.3, -0.25) is 23.9 Å². The molecule has 0 aromatic carbocycles. The Kier molecular flexibility index (Phi) is 6.60. The quantitative estimate of drug-likeness (QED) is 0.605. The van der Waals surface area contributed by atoms with Crippen LogP contribution in [-0.4, -0.2) is 70.0 Å². The van der Waals surface area contributed by atoms with Crippen LogP contribution in [0.4, 0.5) is 5.69 Å². The summed E-state index contributed by atoms with van der Waals surface area (Å²) in [5, 5.41) is 0. The number of anilines is 1. The lowest BCUT2D eigenvalue weighted by molar-refractivity contribution is -0.134. The predicted octanol–water partition coefficient (Wildman–Crippen LogP) is -0.0626. The molecule has 164 valence electrons. The summed E-state index contributed by atoms with van der Waals surface area (Å²) < 4.78 is 2.32. The lowest BCUT2D eigenvalue weighted by Crippen LogP contribution is -2.52. The number of hydrogen-bond acceptors (Lipinski definition) is 5. The van der Waals surface area contributed by atoms with Crippen LogP contribution in [0.1, 0.15) is 26.7 Å². The largest absolute Gasteiger partial charge is 0.340 e. The molecule has 0 N–H and O–H groups in total. The topological polar surface area (TPSA) is 87.9 Å². The minimum atomic E-state index is -0.492. The third-order valence-corrected chi connectivity index (χ3v) is 5.67. The minimum Gasteiger partial charge on any atom is -0.340 e. The van der Waals surface area contributed by atoms with Crippen LogP contribution in [0, 0.1) is 5.92 Å². The molecular weight excluding hydrogens is 386 g/mol. The maximum Gasteiger partial charge on any atom is 0.330 e. The minimum absolute atomic E-state index is 0.161. The normalized spacial score (nSPS) is 17.0. The van der Waals surface area contributed by atoms with Crippen molar-refractivity contribution in [1.29, 1.82) is 0 Å². The molecule has 0 bridgehead atoms. The molecule has 1 aliphatic carbocycles. The fourth-order valence-electron chi connectivity index (χ4n) is 3.57. The van der Waals surface area contributed by atoms with E-state index in [1.165, 1.54) is 22.7 Å². The van der Waals surface area contributed by atoms with Crippen LogP contribution in [-0.2, 0) is 23.7 Å². The molecule has 2 heterocycles. The van der Waals surface area contributed by atoms with Crippen LogP contribution in [0.3, 0.4) is 0 Å². The monoisotopic (exact) mass is 417 g/mol. The molecule has 0 unspecified atom stereocenters. The Morgan fingerprint density at radius 2 is 1.73 bits per heavy atom. The Labute approximate surface area is 176 Å². The number of aryl methyl sites for hydroxylation is 1. The van der Waals surface area contributed by atoms with Crippen LogP contribution in [0.15, 0.2) is 27.4 Å². The van der Waals surface area contributed by atoms with Crippen molar-refractivity contribution in [3.63, 3.8) is 0 Å². The molecule has 30 heavy (non-hydrogen) atoms. The van der Waals surface area contributed by atoms with E-state index in [9.17, 15) is 19.2 Å². The van der Waals surface area contributed by atoms with Crippen molar-refractivity contribution in [1.82, 2.24) is 18.9 Å². The molecule has 1 aliphatic heterocycles. The van der Waals surface area contributed by atoms with Crippen LogP contribution in [0.25, 0.3) is 0 Å². The van der Waals surface area contributed by atoms with E-state index in [0.29, 0.717) is 26.2 Å². The van der Waals surface area contributed by atoms with Gasteiger partial charge in [0.05, 0.1) is 6.54 Å². The Bertz CT molecular complexity index is 961. The summed E-state index contributed by atoms with van der Waals surface area (Å²) in [6.45, 7) is 6.78. The van der Waals surface area contributed by atoms with Gasteiger partial charge in [0.2, 0.25) is 11.8 Å². The predicted molar refractivity (Wildman–Crippen MR) is 114 cm³/mol. The first-order valence-corrected chi connectivity index (χ1v) is 10.4. The van der Waals surface area contributed by atoms with Crippen LogP contribution < -0.4 is 16.1 Å². The second kappa shape index (κ2) is 8.99. The van der Waals surface area contributed by atoms with Gasteiger partial charge in [-0.25, -0.2) is 4.79 Å². The summed E-state index contributed by atoms with van der Waals surface area (Å²) in [4.78, 5) is 55.4.